The maximum Gasteiger partial charge on any atom is 0.471 e. The van der Waals surface area contributed by atoms with Crippen LogP contribution in [0.2, 0.25) is 0 Å². The van der Waals surface area contributed by atoms with Gasteiger partial charge in [0.05, 0.1) is 11.3 Å². The van der Waals surface area contributed by atoms with E-state index < -0.39 is 29.7 Å². The smallest absolute Gasteiger partial charge is 0.456 e. The molecule has 1 fully saturated rings. The fourth-order valence-corrected chi connectivity index (χ4v) is 3.49. The van der Waals surface area contributed by atoms with Crippen LogP contribution in [0.3, 0.4) is 0 Å². The molecule has 186 valence electrons. The van der Waals surface area contributed by atoms with Crippen LogP contribution in [0.15, 0.2) is 18.2 Å². The van der Waals surface area contributed by atoms with Gasteiger partial charge in [-0.2, -0.15) is 13.2 Å². The third-order valence-electron chi connectivity index (χ3n) is 5.20. The fourth-order valence-electron chi connectivity index (χ4n) is 3.49. The monoisotopic (exact) mass is 473 g/mol. The van der Waals surface area contributed by atoms with Crippen molar-refractivity contribution in [2.75, 3.05) is 57.2 Å². The molecule has 1 heterocycles. The molecule has 0 bridgehead atoms. The SMILES string of the molecule is CN(C)CCN(C)c1ccc(C(=O)OC(C)(C)C)c(N(C(=O)C(F)(F)F)C2CCOCC2)c1. The number of rotatable bonds is 7. The number of benzene rings is 1. The lowest BCUT2D eigenvalue weighted by atomic mass is 10.0. The second-order valence-corrected chi connectivity index (χ2v) is 9.44. The molecule has 1 aromatic carbocycles. The fraction of sp³-hybridized carbons (Fsp3) is 0.652. The first-order chi connectivity index (χ1) is 15.2. The molecule has 1 amide bonds. The maximum absolute atomic E-state index is 13.7. The number of nitrogens with zero attached hydrogens (tertiary/aromatic N) is 3. The number of carbonyl (C=O) groups excluding carboxylic acids is 2. The Morgan fingerprint density at radius 2 is 1.67 bits per heavy atom. The van der Waals surface area contributed by atoms with E-state index in [4.69, 9.17) is 9.47 Å². The highest BCUT2D eigenvalue weighted by Crippen LogP contribution is 2.35. The van der Waals surface area contributed by atoms with Gasteiger partial charge in [-0.3, -0.25) is 4.79 Å². The van der Waals surface area contributed by atoms with Gasteiger partial charge >= 0.3 is 18.1 Å². The quantitative estimate of drug-likeness (QED) is 0.563. The first kappa shape index (κ1) is 26.9. The standard InChI is InChI=1S/C23H34F3N3O4/c1-22(2,3)33-20(30)18-8-7-17(28(6)12-11-27(4)5)15-19(18)29(21(31)23(24,25)26)16-9-13-32-14-10-16/h7-8,15-16H,9-14H2,1-6H3. The van der Waals surface area contributed by atoms with Crippen molar-refractivity contribution in [2.24, 2.45) is 0 Å². The van der Waals surface area contributed by atoms with Crippen LogP contribution in [-0.4, -0.2) is 82.0 Å². The molecule has 0 saturated carbocycles. The second-order valence-electron chi connectivity index (χ2n) is 9.44. The third-order valence-corrected chi connectivity index (χ3v) is 5.20. The summed E-state index contributed by atoms with van der Waals surface area (Å²) in [5, 5.41) is 0. The van der Waals surface area contributed by atoms with Crippen molar-refractivity contribution in [3.8, 4) is 0 Å². The Morgan fingerprint density at radius 3 is 2.18 bits per heavy atom. The number of halogens is 3. The Kier molecular flexibility index (Phi) is 8.75. The molecule has 10 heteroatoms. The Labute approximate surface area is 193 Å². The molecule has 33 heavy (non-hydrogen) atoms. The number of alkyl halides is 3. The Hall–Kier alpha value is -2.33. The van der Waals surface area contributed by atoms with Gasteiger partial charge in [0.15, 0.2) is 0 Å². The highest BCUT2D eigenvalue weighted by Gasteiger charge is 2.46. The molecule has 1 aliphatic rings. The zero-order chi connectivity index (χ0) is 25.0. The average Bonchev–Trinajstić information content (AvgIpc) is 2.70. The van der Waals surface area contributed by atoms with Crippen LogP contribution in [0.4, 0.5) is 24.5 Å². The number of likely N-dealkylation sites (N-methyl/N-ethyl adjacent to an activating group) is 2. The number of esters is 1. The predicted molar refractivity (Wildman–Crippen MR) is 121 cm³/mol. The van der Waals surface area contributed by atoms with Gasteiger partial charge in [-0.1, -0.05) is 0 Å². The van der Waals surface area contributed by atoms with Crippen molar-refractivity contribution in [1.29, 1.82) is 0 Å². The van der Waals surface area contributed by atoms with Crippen LogP contribution in [-0.2, 0) is 14.3 Å². The van der Waals surface area contributed by atoms with E-state index in [1.807, 2.05) is 23.9 Å². The van der Waals surface area contributed by atoms with E-state index >= 15 is 0 Å². The number of carbonyl (C=O) groups is 2. The minimum atomic E-state index is -5.10. The highest BCUT2D eigenvalue weighted by molar-refractivity contribution is 6.05. The molecular weight excluding hydrogens is 439 g/mol. The summed E-state index contributed by atoms with van der Waals surface area (Å²) in [5.74, 6) is -2.79. The van der Waals surface area contributed by atoms with Crippen molar-refractivity contribution in [2.45, 2.75) is 51.4 Å². The van der Waals surface area contributed by atoms with E-state index in [0.717, 1.165) is 0 Å². The maximum atomic E-state index is 13.7. The van der Waals surface area contributed by atoms with Gasteiger partial charge < -0.3 is 24.2 Å². The van der Waals surface area contributed by atoms with Crippen molar-refractivity contribution in [3.63, 3.8) is 0 Å². The van der Waals surface area contributed by atoms with Crippen LogP contribution < -0.4 is 9.80 Å². The lowest BCUT2D eigenvalue weighted by Crippen LogP contribution is -2.50. The predicted octanol–water partition coefficient (Wildman–Crippen LogP) is 3.71. The zero-order valence-corrected chi connectivity index (χ0v) is 20.2. The molecular formula is C23H34F3N3O4. The summed E-state index contributed by atoms with van der Waals surface area (Å²) < 4.78 is 51.7. The van der Waals surface area contributed by atoms with Crippen LogP contribution in [0.25, 0.3) is 0 Å². The van der Waals surface area contributed by atoms with Gasteiger partial charge in [0.25, 0.3) is 0 Å². The normalized spacial score (nSPS) is 15.5. The number of hydrogen-bond donors (Lipinski definition) is 0. The summed E-state index contributed by atoms with van der Waals surface area (Å²) >= 11 is 0. The number of anilines is 2. The van der Waals surface area contributed by atoms with Gasteiger partial charge in [-0.15, -0.1) is 0 Å². The summed E-state index contributed by atoms with van der Waals surface area (Å²) in [6.45, 7) is 6.79. The third kappa shape index (κ3) is 7.60. The molecule has 2 rings (SSSR count). The van der Waals surface area contributed by atoms with Gasteiger partial charge in [-0.25, -0.2) is 4.79 Å². The van der Waals surface area contributed by atoms with Crippen LogP contribution >= 0.6 is 0 Å². The Bertz CT molecular complexity index is 831. The highest BCUT2D eigenvalue weighted by atomic mass is 19.4. The van der Waals surface area contributed by atoms with Crippen LogP contribution in [0.1, 0.15) is 44.0 Å². The molecule has 0 spiro atoms. The van der Waals surface area contributed by atoms with Crippen LogP contribution in [0.5, 0.6) is 0 Å². The van der Waals surface area contributed by atoms with E-state index in [1.54, 1.807) is 33.9 Å². The van der Waals surface area contributed by atoms with E-state index in [-0.39, 0.29) is 37.3 Å². The largest absolute Gasteiger partial charge is 0.471 e. The second kappa shape index (κ2) is 10.7. The Morgan fingerprint density at radius 1 is 1.06 bits per heavy atom. The van der Waals surface area contributed by atoms with Crippen molar-refractivity contribution >= 4 is 23.3 Å². The number of ether oxygens (including phenoxy) is 2. The number of hydrogen-bond acceptors (Lipinski definition) is 6. The molecule has 7 nitrogen and oxygen atoms in total. The minimum Gasteiger partial charge on any atom is -0.456 e. The van der Waals surface area contributed by atoms with Gasteiger partial charge in [0, 0.05) is 45.1 Å². The molecule has 0 radical (unpaired) electrons. The summed E-state index contributed by atoms with van der Waals surface area (Å²) in [7, 11) is 5.64. The van der Waals surface area contributed by atoms with Gasteiger partial charge in [-0.05, 0) is 65.9 Å². The molecule has 1 saturated heterocycles. The van der Waals surface area contributed by atoms with Crippen molar-refractivity contribution in [3.05, 3.63) is 23.8 Å². The summed E-state index contributed by atoms with van der Waals surface area (Å²) in [5.41, 5.74) is -0.453. The molecule has 1 aromatic rings. The van der Waals surface area contributed by atoms with Gasteiger partial charge in [0.1, 0.15) is 5.60 Å². The van der Waals surface area contributed by atoms with E-state index in [9.17, 15) is 22.8 Å². The van der Waals surface area contributed by atoms with Crippen molar-refractivity contribution in [1.82, 2.24) is 4.90 Å². The molecule has 1 aliphatic heterocycles. The topological polar surface area (TPSA) is 62.3 Å². The average molecular weight is 474 g/mol. The van der Waals surface area contributed by atoms with Gasteiger partial charge in [0.2, 0.25) is 0 Å². The van der Waals surface area contributed by atoms with E-state index in [1.165, 1.54) is 12.1 Å². The molecule has 0 aromatic heterocycles. The molecule has 0 N–H and O–H groups in total. The van der Waals surface area contributed by atoms with Crippen LogP contribution in [0, 0.1) is 0 Å². The molecule has 0 aliphatic carbocycles. The lowest BCUT2D eigenvalue weighted by molar-refractivity contribution is -0.171. The summed E-state index contributed by atoms with van der Waals surface area (Å²) in [6, 6.07) is 3.80. The van der Waals surface area contributed by atoms with E-state index in [2.05, 4.69) is 0 Å². The lowest BCUT2D eigenvalue weighted by Gasteiger charge is -2.36. The first-order valence-corrected chi connectivity index (χ1v) is 10.9. The summed E-state index contributed by atoms with van der Waals surface area (Å²) in [4.78, 5) is 30.1. The molecule has 0 unspecified atom stereocenters. The van der Waals surface area contributed by atoms with E-state index in [0.29, 0.717) is 23.7 Å². The summed E-state index contributed by atoms with van der Waals surface area (Å²) in [6.07, 6.45) is -4.64. The zero-order valence-electron chi connectivity index (χ0n) is 20.2. The van der Waals surface area contributed by atoms with Crippen molar-refractivity contribution < 1.29 is 32.2 Å². The number of amides is 1. The minimum absolute atomic E-state index is 0.0845. The Balaban J connectivity index is 2.61. The molecule has 0 atom stereocenters. The first-order valence-electron chi connectivity index (χ1n) is 10.9.